The standard InChI is InChI=1S/C26H23ClFN3O2/c27-22-9-2-1-6-19(22)17-31-25(32)21-8-4-10-23(24(21)26(31)33)30-13-11-29(12-14-30)16-18-5-3-7-20(28)15-18/h1-10,15H,11-14,16-17H2. The zero-order chi connectivity index (χ0) is 22.9. The van der Waals surface area contributed by atoms with Gasteiger partial charge >= 0.3 is 0 Å². The lowest BCUT2D eigenvalue weighted by Gasteiger charge is -2.36. The second kappa shape index (κ2) is 8.96. The largest absolute Gasteiger partial charge is 0.368 e. The molecule has 7 heteroatoms. The highest BCUT2D eigenvalue weighted by molar-refractivity contribution is 6.31. The van der Waals surface area contributed by atoms with Gasteiger partial charge in [-0.25, -0.2) is 4.39 Å². The molecule has 0 bridgehead atoms. The molecule has 2 aliphatic heterocycles. The second-order valence-electron chi connectivity index (χ2n) is 8.38. The molecule has 0 aliphatic carbocycles. The molecule has 2 amide bonds. The molecular formula is C26H23ClFN3O2. The van der Waals surface area contributed by atoms with Gasteiger partial charge in [-0.15, -0.1) is 0 Å². The van der Waals surface area contributed by atoms with Crippen molar-refractivity contribution < 1.29 is 14.0 Å². The van der Waals surface area contributed by atoms with E-state index in [1.165, 1.54) is 11.0 Å². The molecule has 2 heterocycles. The number of anilines is 1. The van der Waals surface area contributed by atoms with E-state index in [9.17, 15) is 14.0 Å². The van der Waals surface area contributed by atoms with E-state index in [2.05, 4.69) is 9.80 Å². The number of carbonyl (C=O) groups excluding carboxylic acids is 2. The zero-order valence-corrected chi connectivity index (χ0v) is 18.8. The lowest BCUT2D eigenvalue weighted by molar-refractivity contribution is 0.0642. The van der Waals surface area contributed by atoms with E-state index in [-0.39, 0.29) is 24.2 Å². The van der Waals surface area contributed by atoms with Crippen molar-refractivity contribution in [1.29, 1.82) is 0 Å². The van der Waals surface area contributed by atoms with E-state index in [0.29, 0.717) is 22.7 Å². The molecule has 1 saturated heterocycles. The summed E-state index contributed by atoms with van der Waals surface area (Å²) in [6.07, 6.45) is 0. The molecule has 2 aliphatic rings. The molecule has 5 nitrogen and oxygen atoms in total. The second-order valence-corrected chi connectivity index (χ2v) is 8.79. The van der Waals surface area contributed by atoms with Gasteiger partial charge in [0.1, 0.15) is 5.82 Å². The van der Waals surface area contributed by atoms with E-state index >= 15 is 0 Å². The summed E-state index contributed by atoms with van der Waals surface area (Å²) in [5.74, 6) is -0.801. The van der Waals surface area contributed by atoms with Gasteiger partial charge in [0, 0.05) is 37.7 Å². The highest BCUT2D eigenvalue weighted by atomic mass is 35.5. The molecule has 0 aromatic heterocycles. The van der Waals surface area contributed by atoms with Gasteiger partial charge in [0.2, 0.25) is 0 Å². The fraction of sp³-hybridized carbons (Fsp3) is 0.231. The van der Waals surface area contributed by atoms with Crippen molar-refractivity contribution in [2.75, 3.05) is 31.1 Å². The molecule has 0 radical (unpaired) electrons. The van der Waals surface area contributed by atoms with Crippen LogP contribution in [0.2, 0.25) is 5.02 Å². The first-order valence-corrected chi connectivity index (χ1v) is 11.3. The minimum atomic E-state index is -0.290. The van der Waals surface area contributed by atoms with Gasteiger partial charge in [-0.2, -0.15) is 0 Å². The number of imide groups is 1. The molecule has 3 aromatic rings. The average Bonchev–Trinajstić information content (AvgIpc) is 3.06. The molecule has 0 saturated carbocycles. The maximum absolute atomic E-state index is 13.5. The summed E-state index contributed by atoms with van der Waals surface area (Å²) in [6, 6.07) is 19.4. The van der Waals surface area contributed by atoms with Crippen molar-refractivity contribution >= 4 is 29.1 Å². The van der Waals surface area contributed by atoms with E-state index in [1.54, 1.807) is 24.3 Å². The predicted octanol–water partition coefficient (Wildman–Crippen LogP) is 4.60. The van der Waals surface area contributed by atoms with Gasteiger partial charge in [0.25, 0.3) is 11.8 Å². The Bertz CT molecular complexity index is 1220. The van der Waals surface area contributed by atoms with Gasteiger partial charge in [-0.3, -0.25) is 19.4 Å². The van der Waals surface area contributed by atoms with Crippen LogP contribution in [-0.4, -0.2) is 47.8 Å². The van der Waals surface area contributed by atoms with Crippen molar-refractivity contribution in [3.8, 4) is 0 Å². The van der Waals surface area contributed by atoms with Crippen molar-refractivity contribution in [2.24, 2.45) is 0 Å². The molecule has 0 atom stereocenters. The molecule has 5 rings (SSSR count). The maximum atomic E-state index is 13.5. The SMILES string of the molecule is O=C1c2cccc(N3CCN(Cc4cccc(F)c4)CC3)c2C(=O)N1Cc1ccccc1Cl. The highest BCUT2D eigenvalue weighted by Gasteiger charge is 2.39. The molecule has 0 N–H and O–H groups in total. The summed E-state index contributed by atoms with van der Waals surface area (Å²) in [7, 11) is 0. The lowest BCUT2D eigenvalue weighted by atomic mass is 10.1. The number of fused-ring (bicyclic) bond motifs is 1. The first-order chi connectivity index (χ1) is 16.0. The third-order valence-electron chi connectivity index (χ3n) is 6.27. The summed E-state index contributed by atoms with van der Waals surface area (Å²) in [5, 5.41) is 0.531. The molecule has 1 fully saturated rings. The summed E-state index contributed by atoms with van der Waals surface area (Å²) < 4.78 is 13.5. The monoisotopic (exact) mass is 463 g/mol. The van der Waals surface area contributed by atoms with Crippen LogP contribution in [0.1, 0.15) is 31.8 Å². The van der Waals surface area contributed by atoms with E-state index in [4.69, 9.17) is 11.6 Å². The predicted molar refractivity (Wildman–Crippen MR) is 126 cm³/mol. The van der Waals surface area contributed by atoms with E-state index < -0.39 is 0 Å². The molecule has 168 valence electrons. The van der Waals surface area contributed by atoms with Crippen LogP contribution in [0.15, 0.2) is 66.7 Å². The van der Waals surface area contributed by atoms with Crippen molar-refractivity contribution in [1.82, 2.24) is 9.80 Å². The van der Waals surface area contributed by atoms with Crippen LogP contribution in [-0.2, 0) is 13.1 Å². The average molecular weight is 464 g/mol. The van der Waals surface area contributed by atoms with Gasteiger partial charge in [-0.1, -0.05) is 48.0 Å². The number of halogens is 2. The number of hydrogen-bond acceptors (Lipinski definition) is 4. The molecule has 0 unspecified atom stereocenters. The van der Waals surface area contributed by atoms with Crippen molar-refractivity contribution in [3.63, 3.8) is 0 Å². The molecule has 3 aromatic carbocycles. The smallest absolute Gasteiger partial charge is 0.263 e. The lowest BCUT2D eigenvalue weighted by Crippen LogP contribution is -2.46. The number of benzene rings is 3. The number of hydrogen-bond donors (Lipinski definition) is 0. The van der Waals surface area contributed by atoms with Crippen LogP contribution in [0, 0.1) is 5.82 Å². The number of amides is 2. The Balaban J connectivity index is 1.32. The summed E-state index contributed by atoms with van der Waals surface area (Å²) >= 11 is 6.26. The Morgan fingerprint density at radius 2 is 1.58 bits per heavy atom. The van der Waals surface area contributed by atoms with Gasteiger partial charge in [0.05, 0.1) is 23.4 Å². The van der Waals surface area contributed by atoms with Gasteiger partial charge in [-0.05, 0) is 41.5 Å². The Morgan fingerprint density at radius 1 is 0.818 bits per heavy atom. The molecular weight excluding hydrogens is 441 g/mol. The van der Waals surface area contributed by atoms with Crippen molar-refractivity contribution in [3.05, 3.63) is 99.8 Å². The van der Waals surface area contributed by atoms with Gasteiger partial charge < -0.3 is 4.90 Å². The first kappa shape index (κ1) is 21.6. The third kappa shape index (κ3) is 4.24. The van der Waals surface area contributed by atoms with Crippen LogP contribution in [0.5, 0.6) is 0 Å². The van der Waals surface area contributed by atoms with E-state index in [1.807, 2.05) is 36.4 Å². The fourth-order valence-corrected chi connectivity index (χ4v) is 4.76. The Hall–Kier alpha value is -3.22. The maximum Gasteiger partial charge on any atom is 0.263 e. The number of carbonyl (C=O) groups is 2. The van der Waals surface area contributed by atoms with Crippen molar-refractivity contribution in [2.45, 2.75) is 13.1 Å². The van der Waals surface area contributed by atoms with Gasteiger partial charge in [0.15, 0.2) is 0 Å². The Labute approximate surface area is 197 Å². The summed E-state index contributed by atoms with van der Waals surface area (Å²) in [5.41, 5.74) is 3.37. The summed E-state index contributed by atoms with van der Waals surface area (Å²) in [4.78, 5) is 32.1. The Kier molecular flexibility index (Phi) is 5.87. The highest BCUT2D eigenvalue weighted by Crippen LogP contribution is 2.34. The quantitative estimate of drug-likeness (QED) is 0.519. The van der Waals surface area contributed by atoms with Crippen LogP contribution in [0.25, 0.3) is 0 Å². The number of piperazine rings is 1. The van der Waals surface area contributed by atoms with Crippen LogP contribution in [0.4, 0.5) is 10.1 Å². The van der Waals surface area contributed by atoms with Crippen LogP contribution >= 0.6 is 11.6 Å². The van der Waals surface area contributed by atoms with E-state index in [0.717, 1.165) is 43.0 Å². The van der Waals surface area contributed by atoms with Crippen LogP contribution in [0.3, 0.4) is 0 Å². The molecule has 0 spiro atoms. The molecule has 33 heavy (non-hydrogen) atoms. The van der Waals surface area contributed by atoms with Crippen LogP contribution < -0.4 is 4.90 Å². The first-order valence-electron chi connectivity index (χ1n) is 11.0. The number of rotatable bonds is 5. The summed E-state index contributed by atoms with van der Waals surface area (Å²) in [6.45, 7) is 3.83. The zero-order valence-electron chi connectivity index (χ0n) is 18.0. The Morgan fingerprint density at radius 3 is 2.33 bits per heavy atom. The number of nitrogens with zero attached hydrogens (tertiary/aromatic N) is 3. The minimum Gasteiger partial charge on any atom is -0.368 e. The third-order valence-corrected chi connectivity index (χ3v) is 6.64. The minimum absolute atomic E-state index is 0.146. The topological polar surface area (TPSA) is 43.9 Å². The normalized spacial score (nSPS) is 16.4. The fourth-order valence-electron chi connectivity index (χ4n) is 4.56.